The predicted molar refractivity (Wildman–Crippen MR) is 87.7 cm³/mol. The molecule has 21 heavy (non-hydrogen) atoms. The molecule has 0 saturated heterocycles. The Morgan fingerprint density at radius 2 is 2.00 bits per heavy atom. The highest BCUT2D eigenvalue weighted by atomic mass is 35.5. The lowest BCUT2D eigenvalue weighted by atomic mass is 10.1. The van der Waals surface area contributed by atoms with Crippen molar-refractivity contribution in [2.24, 2.45) is 5.73 Å². The summed E-state index contributed by atoms with van der Waals surface area (Å²) in [5.41, 5.74) is 7.36. The molecule has 2 rings (SSSR count). The van der Waals surface area contributed by atoms with Gasteiger partial charge in [0.05, 0.1) is 4.88 Å². The van der Waals surface area contributed by atoms with Crippen molar-refractivity contribution in [3.05, 3.63) is 45.9 Å². The second-order valence-corrected chi connectivity index (χ2v) is 5.95. The molecule has 0 spiro atoms. The molecule has 0 aliphatic heterocycles. The lowest BCUT2D eigenvalue weighted by molar-refractivity contribution is 0.0945. The number of nitrogens with two attached hydrogens (primary N) is 1. The molecular weight excluding hydrogens is 311 g/mol. The molecule has 3 nitrogen and oxygen atoms in total. The Morgan fingerprint density at radius 3 is 2.57 bits per heavy atom. The summed E-state index contributed by atoms with van der Waals surface area (Å²) in [6, 6.07) is 8.06. The molecule has 1 atom stereocenters. The van der Waals surface area contributed by atoms with Gasteiger partial charge < -0.3 is 11.1 Å². The number of halogens is 2. The van der Waals surface area contributed by atoms with Crippen LogP contribution in [0.3, 0.4) is 0 Å². The van der Waals surface area contributed by atoms with Crippen LogP contribution in [0.15, 0.2) is 30.3 Å². The first kappa shape index (κ1) is 17.6. The van der Waals surface area contributed by atoms with Crippen molar-refractivity contribution >= 4 is 29.7 Å². The van der Waals surface area contributed by atoms with Crippen LogP contribution in [0.1, 0.15) is 21.5 Å². The molecule has 1 aromatic carbocycles. The Morgan fingerprint density at radius 1 is 1.38 bits per heavy atom. The van der Waals surface area contributed by atoms with Gasteiger partial charge in [0, 0.05) is 17.5 Å². The van der Waals surface area contributed by atoms with Gasteiger partial charge in [-0.3, -0.25) is 4.79 Å². The number of carbonyl (C=O) groups is 1. The van der Waals surface area contributed by atoms with Crippen LogP contribution >= 0.6 is 23.7 Å². The van der Waals surface area contributed by atoms with Gasteiger partial charge in [0.15, 0.2) is 0 Å². The Bertz CT molecular complexity index is 613. The van der Waals surface area contributed by atoms with Gasteiger partial charge in [-0.15, -0.1) is 23.7 Å². The smallest absolute Gasteiger partial charge is 0.261 e. The molecular formula is C15H18ClFN2OS. The van der Waals surface area contributed by atoms with E-state index < -0.39 is 0 Å². The number of carbonyl (C=O) groups excluding carboxylic acids is 1. The number of amides is 1. The van der Waals surface area contributed by atoms with Gasteiger partial charge in [-0.1, -0.05) is 12.1 Å². The first-order chi connectivity index (χ1) is 9.51. The topological polar surface area (TPSA) is 55.1 Å². The van der Waals surface area contributed by atoms with E-state index in [1.807, 2.05) is 19.9 Å². The van der Waals surface area contributed by atoms with Gasteiger partial charge in [-0.25, -0.2) is 4.39 Å². The minimum Gasteiger partial charge on any atom is -0.348 e. The SMILES string of the molecule is Cc1sc(C(=O)N[C@@H](C)CN)cc1-c1ccc(F)cc1.Cl. The highest BCUT2D eigenvalue weighted by molar-refractivity contribution is 7.14. The molecule has 0 bridgehead atoms. The van der Waals surface area contributed by atoms with E-state index in [1.165, 1.54) is 23.5 Å². The molecule has 114 valence electrons. The second kappa shape index (κ2) is 7.54. The average molecular weight is 329 g/mol. The van der Waals surface area contributed by atoms with Crippen LogP contribution in [0, 0.1) is 12.7 Å². The fourth-order valence-corrected chi connectivity index (χ4v) is 2.81. The number of hydrogen-bond donors (Lipinski definition) is 2. The van der Waals surface area contributed by atoms with E-state index in [0.29, 0.717) is 11.4 Å². The second-order valence-electron chi connectivity index (χ2n) is 4.70. The van der Waals surface area contributed by atoms with E-state index in [9.17, 15) is 9.18 Å². The maximum absolute atomic E-state index is 12.9. The van der Waals surface area contributed by atoms with Crippen LogP contribution in [0.2, 0.25) is 0 Å². The third-order valence-electron chi connectivity index (χ3n) is 3.03. The van der Waals surface area contributed by atoms with Crippen molar-refractivity contribution in [3.63, 3.8) is 0 Å². The molecule has 3 N–H and O–H groups in total. The van der Waals surface area contributed by atoms with Gasteiger partial charge in [-0.2, -0.15) is 0 Å². The van der Waals surface area contributed by atoms with Gasteiger partial charge in [0.25, 0.3) is 5.91 Å². The van der Waals surface area contributed by atoms with Crippen molar-refractivity contribution in [1.82, 2.24) is 5.32 Å². The number of thiophene rings is 1. The van der Waals surface area contributed by atoms with Gasteiger partial charge in [-0.05, 0) is 43.2 Å². The molecule has 0 unspecified atom stereocenters. The molecule has 0 aliphatic carbocycles. The maximum Gasteiger partial charge on any atom is 0.261 e. The van der Waals surface area contributed by atoms with Gasteiger partial charge in [0.2, 0.25) is 0 Å². The third kappa shape index (κ3) is 4.27. The minimum atomic E-state index is -0.267. The van der Waals surface area contributed by atoms with E-state index in [1.54, 1.807) is 12.1 Å². The van der Waals surface area contributed by atoms with Crippen molar-refractivity contribution in [2.75, 3.05) is 6.54 Å². The van der Waals surface area contributed by atoms with Crippen molar-refractivity contribution < 1.29 is 9.18 Å². The van der Waals surface area contributed by atoms with Crippen LogP contribution in [-0.2, 0) is 0 Å². The Kier molecular flexibility index (Phi) is 6.33. The molecule has 0 radical (unpaired) electrons. The van der Waals surface area contributed by atoms with E-state index in [4.69, 9.17) is 5.73 Å². The Labute approximate surface area is 133 Å². The van der Waals surface area contributed by atoms with E-state index in [0.717, 1.165) is 16.0 Å². The molecule has 1 aromatic heterocycles. The zero-order chi connectivity index (χ0) is 14.7. The maximum atomic E-state index is 12.9. The highest BCUT2D eigenvalue weighted by Gasteiger charge is 2.15. The van der Waals surface area contributed by atoms with Gasteiger partial charge >= 0.3 is 0 Å². The molecule has 1 amide bonds. The monoisotopic (exact) mass is 328 g/mol. The first-order valence-electron chi connectivity index (χ1n) is 6.38. The Hall–Kier alpha value is -1.43. The fourth-order valence-electron chi connectivity index (χ4n) is 1.86. The molecule has 2 aromatic rings. The van der Waals surface area contributed by atoms with Crippen molar-refractivity contribution in [3.8, 4) is 11.1 Å². The van der Waals surface area contributed by atoms with Crippen LogP contribution in [0.25, 0.3) is 11.1 Å². The normalized spacial score (nSPS) is 11.6. The first-order valence-corrected chi connectivity index (χ1v) is 7.20. The van der Waals surface area contributed by atoms with E-state index in [2.05, 4.69) is 5.32 Å². The molecule has 6 heteroatoms. The number of aryl methyl sites for hydroxylation is 1. The zero-order valence-electron chi connectivity index (χ0n) is 11.9. The van der Waals surface area contributed by atoms with Crippen LogP contribution in [0.5, 0.6) is 0 Å². The zero-order valence-corrected chi connectivity index (χ0v) is 13.5. The van der Waals surface area contributed by atoms with Gasteiger partial charge in [0.1, 0.15) is 5.82 Å². The molecule has 1 heterocycles. The summed E-state index contributed by atoms with van der Waals surface area (Å²) < 4.78 is 12.9. The lowest BCUT2D eigenvalue weighted by Gasteiger charge is -2.09. The lowest BCUT2D eigenvalue weighted by Crippen LogP contribution is -2.37. The van der Waals surface area contributed by atoms with Crippen molar-refractivity contribution in [2.45, 2.75) is 19.9 Å². The Balaban J connectivity index is 0.00000220. The number of nitrogens with one attached hydrogen (secondary N) is 1. The quantitative estimate of drug-likeness (QED) is 0.904. The largest absolute Gasteiger partial charge is 0.348 e. The summed E-state index contributed by atoms with van der Waals surface area (Å²) in [5, 5.41) is 2.83. The molecule has 0 aliphatic rings. The summed E-state index contributed by atoms with van der Waals surface area (Å²) in [6.07, 6.45) is 0. The highest BCUT2D eigenvalue weighted by Crippen LogP contribution is 2.31. The minimum absolute atomic E-state index is 0. The summed E-state index contributed by atoms with van der Waals surface area (Å²) >= 11 is 1.43. The molecule has 0 fully saturated rings. The van der Waals surface area contributed by atoms with Crippen LogP contribution < -0.4 is 11.1 Å². The number of rotatable bonds is 4. The third-order valence-corrected chi connectivity index (χ3v) is 4.08. The summed E-state index contributed by atoms with van der Waals surface area (Å²) in [5.74, 6) is -0.388. The fraction of sp³-hybridized carbons (Fsp3) is 0.267. The van der Waals surface area contributed by atoms with Crippen LogP contribution in [-0.4, -0.2) is 18.5 Å². The standard InChI is InChI=1S/C15H17FN2OS.ClH/c1-9(8-17)18-15(19)14-7-13(10(2)20-14)11-3-5-12(16)6-4-11;/h3-7,9H,8,17H2,1-2H3,(H,18,19);1H/t9-;/m0./s1. The summed E-state index contributed by atoms with van der Waals surface area (Å²) in [7, 11) is 0. The number of benzene rings is 1. The number of hydrogen-bond acceptors (Lipinski definition) is 3. The van der Waals surface area contributed by atoms with E-state index >= 15 is 0 Å². The average Bonchev–Trinajstić information content (AvgIpc) is 2.81. The van der Waals surface area contributed by atoms with Crippen molar-refractivity contribution in [1.29, 1.82) is 0 Å². The van der Waals surface area contributed by atoms with E-state index in [-0.39, 0.29) is 30.2 Å². The summed E-state index contributed by atoms with van der Waals surface area (Å²) in [4.78, 5) is 13.7. The molecule has 0 saturated carbocycles. The van der Waals surface area contributed by atoms with Crippen LogP contribution in [0.4, 0.5) is 4.39 Å². The predicted octanol–water partition coefficient (Wildman–Crippen LogP) is 3.36. The summed E-state index contributed by atoms with van der Waals surface area (Å²) in [6.45, 7) is 4.21.